The third-order valence-corrected chi connectivity index (χ3v) is 11.5. The Hall–Kier alpha value is -3.71. The highest BCUT2D eigenvalue weighted by atomic mass is 32.1. The number of nitrogens with zero attached hydrogens (tertiary/aromatic N) is 3. The molecule has 0 atom stereocenters. The average molecular weight is 706 g/mol. The first-order valence-corrected chi connectivity index (χ1v) is 18.9. The van der Waals surface area contributed by atoms with Crippen molar-refractivity contribution in [2.45, 2.75) is 63.2 Å². The van der Waals surface area contributed by atoms with Gasteiger partial charge in [0, 0.05) is 36.8 Å². The van der Waals surface area contributed by atoms with Crippen molar-refractivity contribution in [3.8, 4) is 17.2 Å². The number of phenols is 2. The van der Waals surface area contributed by atoms with E-state index in [2.05, 4.69) is 28.6 Å². The molecule has 3 heterocycles. The molecule has 0 bridgehead atoms. The lowest BCUT2D eigenvalue weighted by Crippen LogP contribution is -2.41. The van der Waals surface area contributed by atoms with Crippen LogP contribution >= 0.6 is 11.3 Å². The molecule has 2 aliphatic heterocycles. The van der Waals surface area contributed by atoms with E-state index in [-0.39, 0.29) is 29.6 Å². The molecule has 0 spiro atoms. The molecular weight excluding hydrogens is 655 g/mol. The second kappa shape index (κ2) is 17.0. The van der Waals surface area contributed by atoms with Crippen molar-refractivity contribution < 1.29 is 29.3 Å². The van der Waals surface area contributed by atoms with E-state index in [1.807, 2.05) is 34.7 Å². The Morgan fingerprint density at radius 3 is 2.70 bits per heavy atom. The number of phenolic OH excluding ortho intramolecular Hbond substituents is 2. The van der Waals surface area contributed by atoms with Gasteiger partial charge in [-0.05, 0) is 94.4 Å². The molecule has 3 aliphatic rings. The third-order valence-electron chi connectivity index (χ3n) is 10.5. The topological polar surface area (TPSA) is 136 Å². The molecule has 2 fully saturated rings. The molecule has 3 aromatic rings. The van der Waals surface area contributed by atoms with Crippen LogP contribution in [0.2, 0.25) is 0 Å². The summed E-state index contributed by atoms with van der Waals surface area (Å²) in [6.07, 6.45) is 10.2. The first-order chi connectivity index (χ1) is 24.3. The predicted octanol–water partition coefficient (Wildman–Crippen LogP) is 4.70. The molecule has 12 heteroatoms. The highest BCUT2D eigenvalue weighted by Gasteiger charge is 2.41. The molecular formula is C38H51N5O6S. The van der Waals surface area contributed by atoms with Crippen LogP contribution in [0, 0.1) is 5.92 Å². The Bertz CT molecular complexity index is 1590. The summed E-state index contributed by atoms with van der Waals surface area (Å²) in [6, 6.07) is 9.30. The molecule has 2 amide bonds. The van der Waals surface area contributed by atoms with Crippen molar-refractivity contribution in [3.05, 3.63) is 63.6 Å². The maximum Gasteiger partial charge on any atom is 0.262 e. The second-order valence-electron chi connectivity index (χ2n) is 14.0. The largest absolute Gasteiger partial charge is 0.508 e. The van der Waals surface area contributed by atoms with Crippen molar-refractivity contribution in [3.63, 3.8) is 0 Å². The Kier molecular flexibility index (Phi) is 12.3. The molecule has 1 saturated heterocycles. The standard InChI is InChI=1S/C38H51N5O6S/c1-42-18-13-38(14-19-42,37-40-17-23-50-37)30-24-27(6-8-31(30)44)11-21-48-22-12-34(47)43(25-28-4-2-3-5-28)20-16-39-15-10-29-7-9-32(45)35-36(29)49-26-33(46)41-35/h6-9,17,23-24,28,39,44-45H,2-5,10-16,18-22,25-26H2,1H3,(H,41,46). The number of aromatic nitrogens is 1. The summed E-state index contributed by atoms with van der Waals surface area (Å²) in [5, 5.41) is 30.4. The van der Waals surface area contributed by atoms with Crippen molar-refractivity contribution in [1.82, 2.24) is 20.1 Å². The smallest absolute Gasteiger partial charge is 0.262 e. The van der Waals surface area contributed by atoms with E-state index in [1.165, 1.54) is 25.7 Å². The van der Waals surface area contributed by atoms with E-state index >= 15 is 0 Å². The molecule has 2 aromatic carbocycles. The molecule has 1 saturated carbocycles. The quantitative estimate of drug-likeness (QED) is 0.124. The summed E-state index contributed by atoms with van der Waals surface area (Å²) in [5.74, 6) is 1.22. The number of nitrogens with one attached hydrogen (secondary N) is 2. The zero-order valence-electron chi connectivity index (χ0n) is 29.1. The second-order valence-corrected chi connectivity index (χ2v) is 14.9. The third kappa shape index (κ3) is 8.77. The number of amides is 2. The van der Waals surface area contributed by atoms with Crippen LogP contribution < -0.4 is 15.4 Å². The monoisotopic (exact) mass is 705 g/mol. The summed E-state index contributed by atoms with van der Waals surface area (Å²) in [7, 11) is 2.14. The Balaban J connectivity index is 0.971. The van der Waals surface area contributed by atoms with Crippen LogP contribution in [0.1, 0.15) is 66.6 Å². The van der Waals surface area contributed by atoms with Crippen molar-refractivity contribution in [2.24, 2.45) is 5.92 Å². The van der Waals surface area contributed by atoms with Crippen molar-refractivity contribution in [2.75, 3.05) is 71.5 Å². The number of hydrogen-bond acceptors (Lipinski definition) is 10. The summed E-state index contributed by atoms with van der Waals surface area (Å²) in [5.41, 5.74) is 3.01. The predicted molar refractivity (Wildman–Crippen MR) is 194 cm³/mol. The first-order valence-electron chi connectivity index (χ1n) is 18.1. The zero-order valence-corrected chi connectivity index (χ0v) is 29.9. The fourth-order valence-electron chi connectivity index (χ4n) is 7.59. The average Bonchev–Trinajstić information content (AvgIpc) is 3.85. The number of anilines is 1. The lowest BCUT2D eigenvalue weighted by atomic mass is 9.72. The number of carbonyl (C=O) groups excluding carboxylic acids is 2. The Morgan fingerprint density at radius 1 is 1.12 bits per heavy atom. The Morgan fingerprint density at radius 2 is 1.92 bits per heavy atom. The number of fused-ring (bicyclic) bond motifs is 1. The molecule has 270 valence electrons. The van der Waals surface area contributed by atoms with Gasteiger partial charge in [-0.3, -0.25) is 9.59 Å². The molecule has 11 nitrogen and oxygen atoms in total. The number of aromatic hydroxyl groups is 2. The van der Waals surface area contributed by atoms with E-state index in [0.717, 1.165) is 54.2 Å². The maximum atomic E-state index is 13.4. The summed E-state index contributed by atoms with van der Waals surface area (Å²) in [6.45, 7) is 5.46. The van der Waals surface area contributed by atoms with Crippen molar-refractivity contribution >= 4 is 28.8 Å². The van der Waals surface area contributed by atoms with Gasteiger partial charge in [-0.1, -0.05) is 31.0 Å². The molecule has 0 radical (unpaired) electrons. The van der Waals surface area contributed by atoms with Gasteiger partial charge in [-0.15, -0.1) is 11.3 Å². The minimum Gasteiger partial charge on any atom is -0.508 e. The zero-order chi connectivity index (χ0) is 34.9. The lowest BCUT2D eigenvalue weighted by Gasteiger charge is -2.40. The van der Waals surface area contributed by atoms with E-state index < -0.39 is 0 Å². The first kappa shape index (κ1) is 36.1. The van der Waals surface area contributed by atoms with Crippen LogP contribution in [-0.4, -0.2) is 103 Å². The van der Waals surface area contributed by atoms with Gasteiger partial charge in [-0.25, -0.2) is 4.98 Å². The number of thiazole rings is 1. The van der Waals surface area contributed by atoms with Gasteiger partial charge >= 0.3 is 0 Å². The number of piperidine rings is 1. The fourth-order valence-corrected chi connectivity index (χ4v) is 8.50. The molecule has 1 aromatic heterocycles. The van der Waals surface area contributed by atoms with Crippen LogP contribution in [-0.2, 0) is 32.6 Å². The van der Waals surface area contributed by atoms with Crippen LogP contribution in [0.3, 0.4) is 0 Å². The van der Waals surface area contributed by atoms with E-state index in [1.54, 1.807) is 17.4 Å². The van der Waals surface area contributed by atoms with Crippen molar-refractivity contribution in [1.29, 1.82) is 0 Å². The van der Waals surface area contributed by atoms with E-state index in [0.29, 0.717) is 75.2 Å². The molecule has 6 rings (SSSR count). The molecule has 0 unspecified atom stereocenters. The lowest BCUT2D eigenvalue weighted by molar-refractivity contribution is -0.133. The number of likely N-dealkylation sites (tertiary alicyclic amines) is 1. The molecule has 1 aliphatic carbocycles. The SMILES string of the molecule is CN1CCC(c2nccs2)(c2cc(CCOCCC(=O)N(CCNCCc3ccc(O)c4c3OCC(=O)N4)CC3CCCC3)ccc2O)CC1. The van der Waals surface area contributed by atoms with E-state index in [4.69, 9.17) is 14.5 Å². The normalized spacial score (nSPS) is 17.7. The summed E-state index contributed by atoms with van der Waals surface area (Å²) < 4.78 is 11.6. The van der Waals surface area contributed by atoms with Gasteiger partial charge in [0.25, 0.3) is 5.91 Å². The van der Waals surface area contributed by atoms with Crippen LogP contribution in [0.5, 0.6) is 17.2 Å². The molecule has 50 heavy (non-hydrogen) atoms. The van der Waals surface area contributed by atoms with Gasteiger partial charge in [-0.2, -0.15) is 0 Å². The Labute approximate surface area is 299 Å². The summed E-state index contributed by atoms with van der Waals surface area (Å²) >= 11 is 1.66. The highest BCUT2D eigenvalue weighted by molar-refractivity contribution is 7.09. The minimum absolute atomic E-state index is 0.00664. The van der Waals surface area contributed by atoms with Crippen LogP contribution in [0.15, 0.2) is 41.9 Å². The number of ether oxygens (including phenoxy) is 2. The van der Waals surface area contributed by atoms with Gasteiger partial charge in [0.15, 0.2) is 12.4 Å². The number of hydrogen-bond donors (Lipinski definition) is 4. The number of carbonyl (C=O) groups is 2. The van der Waals surface area contributed by atoms with Gasteiger partial charge in [0.2, 0.25) is 5.91 Å². The summed E-state index contributed by atoms with van der Waals surface area (Å²) in [4.78, 5) is 34.1. The van der Waals surface area contributed by atoms with Gasteiger partial charge in [0.05, 0.1) is 25.0 Å². The van der Waals surface area contributed by atoms with Crippen LogP contribution in [0.25, 0.3) is 0 Å². The van der Waals surface area contributed by atoms with Gasteiger partial charge < -0.3 is 40.1 Å². The van der Waals surface area contributed by atoms with E-state index in [9.17, 15) is 19.8 Å². The fraction of sp³-hybridized carbons (Fsp3) is 0.553. The van der Waals surface area contributed by atoms with Crippen LogP contribution in [0.4, 0.5) is 5.69 Å². The highest BCUT2D eigenvalue weighted by Crippen LogP contribution is 2.46. The number of rotatable bonds is 16. The molecule has 4 N–H and O–H groups in total. The minimum atomic E-state index is -0.288. The number of benzene rings is 2. The van der Waals surface area contributed by atoms with Gasteiger partial charge in [0.1, 0.15) is 22.2 Å². The maximum absolute atomic E-state index is 13.4.